The SMILES string of the molecule is C[C@@H]1CCN(c2nccc3cccnc23)CC1c1cc(C(F)F)nc2ncnn12. The van der Waals surface area contributed by atoms with Gasteiger partial charge < -0.3 is 4.90 Å². The minimum absolute atomic E-state index is 0.0192. The van der Waals surface area contributed by atoms with Gasteiger partial charge in [0.25, 0.3) is 12.2 Å². The van der Waals surface area contributed by atoms with E-state index in [0.717, 1.165) is 29.7 Å². The van der Waals surface area contributed by atoms with Gasteiger partial charge in [0.1, 0.15) is 17.5 Å². The molecule has 29 heavy (non-hydrogen) atoms. The number of rotatable bonds is 3. The lowest BCUT2D eigenvalue weighted by atomic mass is 9.84. The molecule has 1 fully saturated rings. The van der Waals surface area contributed by atoms with E-state index < -0.39 is 6.43 Å². The molecule has 0 aromatic carbocycles. The minimum Gasteiger partial charge on any atom is -0.354 e. The first-order chi connectivity index (χ1) is 14.1. The van der Waals surface area contributed by atoms with Gasteiger partial charge in [0.2, 0.25) is 0 Å². The fourth-order valence-corrected chi connectivity index (χ4v) is 4.10. The Bertz CT molecular complexity index is 1170. The summed E-state index contributed by atoms with van der Waals surface area (Å²) in [6, 6.07) is 7.31. The molecule has 5 heterocycles. The van der Waals surface area contributed by atoms with E-state index >= 15 is 0 Å². The first kappa shape index (κ1) is 17.8. The zero-order valence-electron chi connectivity index (χ0n) is 15.8. The fraction of sp³-hybridized carbons (Fsp3) is 0.350. The molecule has 0 spiro atoms. The van der Waals surface area contributed by atoms with Crippen LogP contribution >= 0.6 is 0 Å². The van der Waals surface area contributed by atoms with Crippen LogP contribution in [0.15, 0.2) is 43.0 Å². The number of halogens is 2. The van der Waals surface area contributed by atoms with Gasteiger partial charge >= 0.3 is 0 Å². The van der Waals surface area contributed by atoms with Gasteiger partial charge in [-0.25, -0.2) is 23.3 Å². The Morgan fingerprint density at radius 2 is 2.03 bits per heavy atom. The van der Waals surface area contributed by atoms with Gasteiger partial charge in [0, 0.05) is 36.8 Å². The summed E-state index contributed by atoms with van der Waals surface area (Å²) in [5.74, 6) is 1.29. The fourth-order valence-electron chi connectivity index (χ4n) is 4.10. The van der Waals surface area contributed by atoms with Crippen LogP contribution in [0.2, 0.25) is 0 Å². The number of pyridine rings is 2. The van der Waals surface area contributed by atoms with Crippen molar-refractivity contribution in [3.8, 4) is 0 Å². The highest BCUT2D eigenvalue weighted by Crippen LogP contribution is 2.36. The molecule has 0 N–H and O–H groups in total. The third-order valence-electron chi connectivity index (χ3n) is 5.66. The summed E-state index contributed by atoms with van der Waals surface area (Å²) >= 11 is 0. The van der Waals surface area contributed by atoms with Gasteiger partial charge in [-0.3, -0.25) is 4.98 Å². The van der Waals surface area contributed by atoms with Gasteiger partial charge in [-0.15, -0.1) is 0 Å². The lowest BCUT2D eigenvalue weighted by Gasteiger charge is -2.38. The van der Waals surface area contributed by atoms with Crippen molar-refractivity contribution in [2.75, 3.05) is 18.0 Å². The second kappa shape index (κ2) is 6.98. The summed E-state index contributed by atoms with van der Waals surface area (Å²) in [4.78, 5) is 19.2. The van der Waals surface area contributed by atoms with E-state index in [1.165, 1.54) is 12.4 Å². The quantitative estimate of drug-likeness (QED) is 0.527. The summed E-state index contributed by atoms with van der Waals surface area (Å²) in [6.07, 6.45) is 3.13. The molecular weight excluding hydrogens is 376 g/mol. The van der Waals surface area contributed by atoms with Crippen molar-refractivity contribution in [2.45, 2.75) is 25.7 Å². The molecule has 0 saturated carbocycles. The van der Waals surface area contributed by atoms with Crippen molar-refractivity contribution < 1.29 is 8.78 Å². The number of piperidine rings is 1. The molecule has 1 aliphatic heterocycles. The monoisotopic (exact) mass is 395 g/mol. The van der Waals surface area contributed by atoms with E-state index in [9.17, 15) is 8.78 Å². The van der Waals surface area contributed by atoms with Crippen molar-refractivity contribution in [3.05, 3.63) is 54.4 Å². The van der Waals surface area contributed by atoms with Crippen LogP contribution in [-0.2, 0) is 0 Å². The second-order valence-corrected chi connectivity index (χ2v) is 7.41. The van der Waals surface area contributed by atoms with Crippen LogP contribution in [-0.4, -0.2) is 42.6 Å². The average molecular weight is 395 g/mol. The molecular formula is C20H19F2N7. The molecule has 1 aliphatic rings. The molecule has 1 unspecified atom stereocenters. The maximum absolute atomic E-state index is 13.4. The van der Waals surface area contributed by atoms with E-state index in [-0.39, 0.29) is 23.3 Å². The zero-order valence-corrected chi connectivity index (χ0v) is 15.8. The van der Waals surface area contributed by atoms with Gasteiger partial charge in [0.05, 0.1) is 5.69 Å². The van der Waals surface area contributed by atoms with Crippen LogP contribution in [0.1, 0.15) is 37.1 Å². The van der Waals surface area contributed by atoms with Crippen molar-refractivity contribution in [1.82, 2.24) is 29.5 Å². The number of hydrogen-bond donors (Lipinski definition) is 0. The van der Waals surface area contributed by atoms with Crippen molar-refractivity contribution in [3.63, 3.8) is 0 Å². The summed E-state index contributed by atoms with van der Waals surface area (Å²) in [5, 5.41) is 5.25. The van der Waals surface area contributed by atoms with E-state index in [4.69, 9.17) is 0 Å². The Morgan fingerprint density at radius 3 is 2.90 bits per heavy atom. The third kappa shape index (κ3) is 3.06. The summed E-state index contributed by atoms with van der Waals surface area (Å²) < 4.78 is 28.4. The number of aromatic nitrogens is 6. The van der Waals surface area contributed by atoms with Crippen LogP contribution < -0.4 is 4.90 Å². The number of fused-ring (bicyclic) bond motifs is 2. The first-order valence-electron chi connectivity index (χ1n) is 9.55. The highest BCUT2D eigenvalue weighted by molar-refractivity contribution is 5.88. The third-order valence-corrected chi connectivity index (χ3v) is 5.66. The predicted octanol–water partition coefficient (Wildman–Crippen LogP) is 3.64. The second-order valence-electron chi connectivity index (χ2n) is 7.41. The predicted molar refractivity (Wildman–Crippen MR) is 104 cm³/mol. The van der Waals surface area contributed by atoms with Crippen LogP contribution in [0, 0.1) is 5.92 Å². The van der Waals surface area contributed by atoms with Crippen LogP contribution in [0.5, 0.6) is 0 Å². The number of anilines is 1. The maximum Gasteiger partial charge on any atom is 0.280 e. The number of alkyl halides is 2. The highest BCUT2D eigenvalue weighted by Gasteiger charge is 2.32. The van der Waals surface area contributed by atoms with Gasteiger partial charge in [0.15, 0.2) is 5.82 Å². The molecule has 9 heteroatoms. The lowest BCUT2D eigenvalue weighted by Crippen LogP contribution is -2.40. The molecule has 0 amide bonds. The molecule has 0 radical (unpaired) electrons. The molecule has 148 valence electrons. The lowest BCUT2D eigenvalue weighted by molar-refractivity contribution is 0.146. The molecule has 0 aliphatic carbocycles. The van der Waals surface area contributed by atoms with Gasteiger partial charge in [-0.1, -0.05) is 13.0 Å². The molecule has 4 aromatic rings. The standard InChI is InChI=1S/C20H19F2N7/c1-12-5-8-28(19-17-13(4-7-24-19)3-2-6-23-17)10-14(12)16-9-15(18(21)22)27-20-25-11-26-29(16)20/h2-4,6-7,9,11-12,14,18H,5,8,10H2,1H3/t12-,14?/m1/s1. The Labute approximate surface area is 165 Å². The summed E-state index contributed by atoms with van der Waals surface area (Å²) in [7, 11) is 0. The number of nitrogens with zero attached hydrogens (tertiary/aromatic N) is 7. The van der Waals surface area contributed by atoms with E-state index in [2.05, 4.69) is 36.9 Å². The van der Waals surface area contributed by atoms with E-state index in [1.54, 1.807) is 16.9 Å². The molecule has 2 atom stereocenters. The Balaban J connectivity index is 1.58. The van der Waals surface area contributed by atoms with Crippen LogP contribution in [0.25, 0.3) is 16.7 Å². The van der Waals surface area contributed by atoms with Crippen molar-refractivity contribution in [2.24, 2.45) is 5.92 Å². The topological polar surface area (TPSA) is 72.1 Å². The van der Waals surface area contributed by atoms with Gasteiger partial charge in [-0.05, 0) is 30.5 Å². The smallest absolute Gasteiger partial charge is 0.280 e. The molecule has 5 rings (SSSR count). The minimum atomic E-state index is -2.66. The molecule has 4 aromatic heterocycles. The Morgan fingerprint density at radius 1 is 1.14 bits per heavy atom. The van der Waals surface area contributed by atoms with E-state index in [0.29, 0.717) is 12.2 Å². The summed E-state index contributed by atoms with van der Waals surface area (Å²) in [5.41, 5.74) is 1.28. The van der Waals surface area contributed by atoms with Crippen molar-refractivity contribution in [1.29, 1.82) is 0 Å². The highest BCUT2D eigenvalue weighted by atomic mass is 19.3. The largest absolute Gasteiger partial charge is 0.354 e. The van der Waals surface area contributed by atoms with Crippen LogP contribution in [0.4, 0.5) is 14.6 Å². The molecule has 1 saturated heterocycles. The van der Waals surface area contributed by atoms with E-state index in [1.807, 2.05) is 18.2 Å². The average Bonchev–Trinajstić information content (AvgIpc) is 3.22. The Kier molecular flexibility index (Phi) is 4.30. The Hall–Kier alpha value is -3.23. The molecule has 0 bridgehead atoms. The molecule has 7 nitrogen and oxygen atoms in total. The van der Waals surface area contributed by atoms with Gasteiger partial charge in [-0.2, -0.15) is 10.1 Å². The van der Waals surface area contributed by atoms with Crippen molar-refractivity contribution >= 4 is 22.5 Å². The maximum atomic E-state index is 13.4. The normalized spacial score (nSPS) is 20.1. The first-order valence-corrected chi connectivity index (χ1v) is 9.55. The van der Waals surface area contributed by atoms with Crippen LogP contribution in [0.3, 0.4) is 0 Å². The summed E-state index contributed by atoms with van der Waals surface area (Å²) in [6.45, 7) is 3.60. The zero-order chi connectivity index (χ0) is 20.0. The number of hydrogen-bond acceptors (Lipinski definition) is 6.